The Morgan fingerprint density at radius 1 is 1.26 bits per heavy atom. The summed E-state index contributed by atoms with van der Waals surface area (Å²) in [4.78, 5) is 14.6. The number of carbonyl (C=O) groups is 1. The van der Waals surface area contributed by atoms with Crippen molar-refractivity contribution in [1.82, 2.24) is 9.62 Å². The number of benzene rings is 1. The molecule has 128 valence electrons. The van der Waals surface area contributed by atoms with Crippen molar-refractivity contribution in [1.29, 1.82) is 0 Å². The summed E-state index contributed by atoms with van der Waals surface area (Å²) < 4.78 is 26.7. The van der Waals surface area contributed by atoms with Gasteiger partial charge in [-0.05, 0) is 29.9 Å². The highest BCUT2D eigenvalue weighted by molar-refractivity contribution is 7.89. The van der Waals surface area contributed by atoms with Crippen LogP contribution in [0.2, 0.25) is 0 Å². The van der Waals surface area contributed by atoms with Crippen molar-refractivity contribution in [2.75, 3.05) is 12.3 Å². The van der Waals surface area contributed by atoms with Crippen molar-refractivity contribution in [3.63, 3.8) is 0 Å². The van der Waals surface area contributed by atoms with E-state index < -0.39 is 16.1 Å². The van der Waals surface area contributed by atoms with Crippen LogP contribution in [0.25, 0.3) is 0 Å². The number of sulfonamides is 1. The molecule has 5 nitrogen and oxygen atoms in total. The molecular weight excluding hydrogens is 312 g/mol. The van der Waals surface area contributed by atoms with Crippen molar-refractivity contribution < 1.29 is 13.2 Å². The summed E-state index contributed by atoms with van der Waals surface area (Å²) in [5, 5.41) is 0. The summed E-state index contributed by atoms with van der Waals surface area (Å²) >= 11 is 0. The first kappa shape index (κ1) is 17.9. The summed E-state index contributed by atoms with van der Waals surface area (Å²) in [5.41, 5.74) is 2.41. The van der Waals surface area contributed by atoms with Gasteiger partial charge < -0.3 is 4.90 Å². The molecule has 1 aromatic carbocycles. The molecular formula is C17H26N2O3S. The highest BCUT2D eigenvalue weighted by atomic mass is 32.2. The SMILES string of the molecule is CCCS(=O)(=O)N[C@H](C(=O)N1CCc2ccccc2C1)C(C)C. The number of hydrogen-bond acceptors (Lipinski definition) is 3. The van der Waals surface area contributed by atoms with Crippen LogP contribution in [0.5, 0.6) is 0 Å². The minimum Gasteiger partial charge on any atom is -0.337 e. The summed E-state index contributed by atoms with van der Waals surface area (Å²) in [7, 11) is -3.42. The monoisotopic (exact) mass is 338 g/mol. The quantitative estimate of drug-likeness (QED) is 0.862. The molecule has 0 aliphatic carbocycles. The van der Waals surface area contributed by atoms with Crippen molar-refractivity contribution >= 4 is 15.9 Å². The molecule has 0 bridgehead atoms. The Bertz CT molecular complexity index is 656. The van der Waals surface area contributed by atoms with Crippen molar-refractivity contribution in [3.05, 3.63) is 35.4 Å². The van der Waals surface area contributed by atoms with E-state index in [9.17, 15) is 13.2 Å². The zero-order valence-electron chi connectivity index (χ0n) is 14.1. The molecule has 0 saturated carbocycles. The number of hydrogen-bond donors (Lipinski definition) is 1. The van der Waals surface area contributed by atoms with Crippen LogP contribution in [0.4, 0.5) is 0 Å². The number of nitrogens with zero attached hydrogens (tertiary/aromatic N) is 1. The predicted molar refractivity (Wildman–Crippen MR) is 91.4 cm³/mol. The highest BCUT2D eigenvalue weighted by Crippen LogP contribution is 2.20. The first-order valence-corrected chi connectivity index (χ1v) is 9.85. The Kier molecular flexibility index (Phi) is 5.81. The fourth-order valence-corrected chi connectivity index (χ4v) is 4.29. The minimum absolute atomic E-state index is 0.0479. The molecule has 23 heavy (non-hydrogen) atoms. The van der Waals surface area contributed by atoms with Crippen LogP contribution in [0.3, 0.4) is 0 Å². The molecule has 0 radical (unpaired) electrons. The second-order valence-corrected chi connectivity index (χ2v) is 8.31. The Labute approximate surface area is 139 Å². The summed E-state index contributed by atoms with van der Waals surface area (Å²) in [6, 6.07) is 7.39. The number of fused-ring (bicyclic) bond motifs is 1. The van der Waals surface area contributed by atoms with Gasteiger partial charge in [0.15, 0.2) is 0 Å². The lowest BCUT2D eigenvalue weighted by atomic mass is 9.97. The maximum absolute atomic E-state index is 12.8. The number of rotatable bonds is 6. The fourth-order valence-electron chi connectivity index (χ4n) is 2.87. The van der Waals surface area contributed by atoms with E-state index in [2.05, 4.69) is 10.8 Å². The second kappa shape index (κ2) is 7.45. The number of nitrogens with one attached hydrogen (secondary N) is 1. The second-order valence-electron chi connectivity index (χ2n) is 6.44. The fraction of sp³-hybridized carbons (Fsp3) is 0.588. The molecule has 0 saturated heterocycles. The topological polar surface area (TPSA) is 66.5 Å². The zero-order valence-corrected chi connectivity index (χ0v) is 14.9. The molecule has 1 aliphatic rings. The maximum atomic E-state index is 12.8. The van der Waals surface area contributed by atoms with Crippen LogP contribution >= 0.6 is 0 Å². The van der Waals surface area contributed by atoms with Gasteiger partial charge in [-0.1, -0.05) is 45.0 Å². The van der Waals surface area contributed by atoms with Crippen molar-refractivity contribution in [2.24, 2.45) is 5.92 Å². The van der Waals surface area contributed by atoms with Crippen molar-refractivity contribution in [3.8, 4) is 0 Å². The number of carbonyl (C=O) groups excluding carboxylic acids is 1. The molecule has 6 heteroatoms. The van der Waals surface area contributed by atoms with Gasteiger partial charge >= 0.3 is 0 Å². The Balaban J connectivity index is 2.13. The largest absolute Gasteiger partial charge is 0.337 e. The summed E-state index contributed by atoms with van der Waals surface area (Å²) in [5.74, 6) is -0.174. The maximum Gasteiger partial charge on any atom is 0.241 e. The third-order valence-electron chi connectivity index (χ3n) is 4.15. The third kappa shape index (κ3) is 4.54. The molecule has 0 aromatic heterocycles. The number of amides is 1. The van der Waals surface area contributed by atoms with E-state index >= 15 is 0 Å². The molecule has 1 N–H and O–H groups in total. The van der Waals surface area contributed by atoms with E-state index in [4.69, 9.17) is 0 Å². The van der Waals surface area contributed by atoms with E-state index in [0.29, 0.717) is 19.5 Å². The van der Waals surface area contributed by atoms with Crippen LogP contribution in [0, 0.1) is 5.92 Å². The van der Waals surface area contributed by atoms with Gasteiger partial charge in [-0.3, -0.25) is 4.79 Å². The highest BCUT2D eigenvalue weighted by Gasteiger charge is 2.32. The Hall–Kier alpha value is -1.40. The van der Waals surface area contributed by atoms with Gasteiger partial charge in [-0.25, -0.2) is 13.1 Å². The minimum atomic E-state index is -3.42. The average molecular weight is 338 g/mol. The van der Waals surface area contributed by atoms with Crippen molar-refractivity contribution in [2.45, 2.75) is 46.2 Å². The van der Waals surface area contributed by atoms with Gasteiger partial charge in [-0.15, -0.1) is 0 Å². The predicted octanol–water partition coefficient (Wildman–Crippen LogP) is 1.93. The van der Waals surface area contributed by atoms with Crippen LogP contribution in [0.15, 0.2) is 24.3 Å². The smallest absolute Gasteiger partial charge is 0.241 e. The van der Waals surface area contributed by atoms with Gasteiger partial charge in [0.1, 0.15) is 6.04 Å². The average Bonchev–Trinajstić information content (AvgIpc) is 2.51. The van der Waals surface area contributed by atoms with E-state index in [1.54, 1.807) is 4.90 Å². The first-order chi connectivity index (χ1) is 10.8. The van der Waals surface area contributed by atoms with Gasteiger partial charge in [0, 0.05) is 13.1 Å². The molecule has 1 amide bonds. The van der Waals surface area contributed by atoms with E-state index in [1.165, 1.54) is 5.56 Å². The lowest BCUT2D eigenvalue weighted by molar-refractivity contribution is -0.135. The normalized spacial score (nSPS) is 16.3. The molecule has 1 aromatic rings. The first-order valence-electron chi connectivity index (χ1n) is 8.19. The lowest BCUT2D eigenvalue weighted by Crippen LogP contribution is -2.52. The summed E-state index contributed by atoms with van der Waals surface area (Å²) in [6.45, 7) is 6.74. The van der Waals surface area contributed by atoms with Gasteiger partial charge in [-0.2, -0.15) is 0 Å². The summed E-state index contributed by atoms with van der Waals surface area (Å²) in [6.07, 6.45) is 1.35. The molecule has 0 unspecified atom stereocenters. The Morgan fingerprint density at radius 2 is 1.91 bits per heavy atom. The molecule has 1 heterocycles. The zero-order chi connectivity index (χ0) is 17.0. The standard InChI is InChI=1S/C17H26N2O3S/c1-4-11-23(21,22)18-16(13(2)3)17(20)19-10-9-14-7-5-6-8-15(14)12-19/h5-8,13,16,18H,4,9-12H2,1-3H3/t16-/m0/s1. The van der Waals surface area contributed by atoms with E-state index in [0.717, 1.165) is 12.0 Å². The molecule has 2 rings (SSSR count). The van der Waals surface area contributed by atoms with Crippen LogP contribution < -0.4 is 4.72 Å². The van der Waals surface area contributed by atoms with Crippen LogP contribution in [-0.4, -0.2) is 37.6 Å². The Morgan fingerprint density at radius 3 is 2.52 bits per heavy atom. The van der Waals surface area contributed by atoms with E-state index in [1.807, 2.05) is 39.0 Å². The van der Waals surface area contributed by atoms with Crippen LogP contribution in [0.1, 0.15) is 38.3 Å². The molecule has 1 atom stereocenters. The third-order valence-corrected chi connectivity index (χ3v) is 5.71. The van der Waals surface area contributed by atoms with Gasteiger partial charge in [0.05, 0.1) is 5.75 Å². The lowest BCUT2D eigenvalue weighted by Gasteiger charge is -2.33. The van der Waals surface area contributed by atoms with E-state index in [-0.39, 0.29) is 17.6 Å². The molecule has 0 spiro atoms. The van der Waals surface area contributed by atoms with Gasteiger partial charge in [0.25, 0.3) is 0 Å². The van der Waals surface area contributed by atoms with Gasteiger partial charge in [0.2, 0.25) is 15.9 Å². The molecule has 0 fully saturated rings. The molecule has 1 aliphatic heterocycles. The van der Waals surface area contributed by atoms with Crippen LogP contribution in [-0.2, 0) is 27.8 Å².